The van der Waals surface area contributed by atoms with Crippen molar-refractivity contribution in [3.05, 3.63) is 0 Å². The fourth-order valence-electron chi connectivity index (χ4n) is 1.89. The van der Waals surface area contributed by atoms with Crippen LogP contribution in [0.25, 0.3) is 0 Å². The third-order valence-electron chi connectivity index (χ3n) is 2.64. The Morgan fingerprint density at radius 1 is 1.25 bits per heavy atom. The van der Waals surface area contributed by atoms with Crippen molar-refractivity contribution in [1.82, 2.24) is 5.32 Å². The Morgan fingerprint density at radius 3 is 2.75 bits per heavy atom. The second-order valence-corrected chi connectivity index (χ2v) is 3.51. The van der Waals surface area contributed by atoms with Gasteiger partial charge in [0.1, 0.15) is 0 Å². The normalized spacial score (nSPS) is 29.5. The van der Waals surface area contributed by atoms with E-state index in [0.717, 1.165) is 19.4 Å². The zero-order valence-electron chi connectivity index (χ0n) is 7.50. The molecular weight excluding hydrogens is 154 g/mol. The second kappa shape index (κ2) is 5.51. The molecule has 3 nitrogen and oxygen atoms in total. The molecule has 0 bridgehead atoms. The smallest absolute Gasteiger partial charge is 0.0474 e. The number of rotatable bonds is 5. The van der Waals surface area contributed by atoms with E-state index < -0.39 is 0 Å². The van der Waals surface area contributed by atoms with Crippen molar-refractivity contribution in [2.24, 2.45) is 5.92 Å². The van der Waals surface area contributed by atoms with E-state index in [4.69, 9.17) is 10.2 Å². The van der Waals surface area contributed by atoms with Gasteiger partial charge in [-0.3, -0.25) is 0 Å². The summed E-state index contributed by atoms with van der Waals surface area (Å²) in [6, 6.07) is 0.488. The van der Waals surface area contributed by atoms with Gasteiger partial charge in [0.15, 0.2) is 0 Å². The Balaban J connectivity index is 2.12. The molecule has 0 aromatic heterocycles. The largest absolute Gasteiger partial charge is 0.396 e. The molecule has 0 aliphatic heterocycles. The first kappa shape index (κ1) is 9.96. The predicted octanol–water partition coefficient (Wildman–Crippen LogP) is 0.119. The van der Waals surface area contributed by atoms with Gasteiger partial charge < -0.3 is 15.5 Å². The van der Waals surface area contributed by atoms with Crippen LogP contribution in [0.5, 0.6) is 0 Å². The Morgan fingerprint density at radius 2 is 2.08 bits per heavy atom. The highest BCUT2D eigenvalue weighted by Gasteiger charge is 2.25. The lowest BCUT2D eigenvalue weighted by Crippen LogP contribution is -2.34. The molecule has 3 heteroatoms. The van der Waals surface area contributed by atoms with Crippen LogP contribution >= 0.6 is 0 Å². The van der Waals surface area contributed by atoms with E-state index in [1.54, 1.807) is 0 Å². The minimum Gasteiger partial charge on any atom is -0.396 e. The molecule has 2 atom stereocenters. The van der Waals surface area contributed by atoms with Gasteiger partial charge in [-0.25, -0.2) is 0 Å². The highest BCUT2D eigenvalue weighted by molar-refractivity contribution is 4.82. The van der Waals surface area contributed by atoms with Gasteiger partial charge in [0.05, 0.1) is 0 Å². The van der Waals surface area contributed by atoms with Crippen LogP contribution in [0, 0.1) is 5.92 Å². The van der Waals surface area contributed by atoms with Crippen LogP contribution in [0.15, 0.2) is 0 Å². The lowest BCUT2D eigenvalue weighted by atomic mass is 10.1. The van der Waals surface area contributed by atoms with Crippen molar-refractivity contribution >= 4 is 0 Å². The average Bonchev–Trinajstić information content (AvgIpc) is 2.52. The van der Waals surface area contributed by atoms with Crippen LogP contribution in [0.2, 0.25) is 0 Å². The summed E-state index contributed by atoms with van der Waals surface area (Å²) in [6.45, 7) is 1.43. The van der Waals surface area contributed by atoms with Crippen LogP contribution in [0.4, 0.5) is 0 Å². The molecule has 1 aliphatic rings. The predicted molar refractivity (Wildman–Crippen MR) is 47.9 cm³/mol. The van der Waals surface area contributed by atoms with Crippen molar-refractivity contribution in [2.45, 2.75) is 31.7 Å². The maximum Gasteiger partial charge on any atom is 0.0474 e. The van der Waals surface area contributed by atoms with Crippen molar-refractivity contribution in [3.63, 3.8) is 0 Å². The molecule has 3 N–H and O–H groups in total. The van der Waals surface area contributed by atoms with E-state index in [2.05, 4.69) is 5.32 Å². The number of hydrogen-bond donors (Lipinski definition) is 3. The molecule has 12 heavy (non-hydrogen) atoms. The van der Waals surface area contributed by atoms with E-state index in [9.17, 15) is 0 Å². The molecule has 0 radical (unpaired) electrons. The fraction of sp³-hybridized carbons (Fsp3) is 1.00. The highest BCUT2D eigenvalue weighted by Crippen LogP contribution is 2.24. The van der Waals surface area contributed by atoms with Crippen molar-refractivity contribution in [2.75, 3.05) is 19.8 Å². The molecule has 0 heterocycles. The number of nitrogens with one attached hydrogen (secondary N) is 1. The van der Waals surface area contributed by atoms with Gasteiger partial charge in [-0.2, -0.15) is 0 Å². The van der Waals surface area contributed by atoms with Crippen LogP contribution in [-0.4, -0.2) is 36.0 Å². The topological polar surface area (TPSA) is 52.5 Å². The van der Waals surface area contributed by atoms with Crippen molar-refractivity contribution in [3.8, 4) is 0 Å². The average molecular weight is 173 g/mol. The first-order valence-electron chi connectivity index (χ1n) is 4.83. The maximum atomic E-state index is 9.00. The summed E-state index contributed by atoms with van der Waals surface area (Å²) in [5, 5.41) is 20.9. The van der Waals surface area contributed by atoms with Gasteiger partial charge in [0, 0.05) is 19.3 Å². The third kappa shape index (κ3) is 2.73. The van der Waals surface area contributed by atoms with Crippen molar-refractivity contribution < 1.29 is 10.2 Å². The van der Waals surface area contributed by atoms with Gasteiger partial charge in [-0.1, -0.05) is 6.42 Å². The van der Waals surface area contributed by atoms with Crippen LogP contribution in [-0.2, 0) is 0 Å². The summed E-state index contributed by atoms with van der Waals surface area (Å²) >= 11 is 0. The summed E-state index contributed by atoms with van der Waals surface area (Å²) in [7, 11) is 0. The molecule has 0 spiro atoms. The minimum atomic E-state index is 0.253. The summed E-state index contributed by atoms with van der Waals surface area (Å²) in [5.41, 5.74) is 0. The molecular formula is C9H19NO2. The Bertz CT molecular complexity index is 119. The van der Waals surface area contributed by atoms with E-state index in [1.165, 1.54) is 12.8 Å². The van der Waals surface area contributed by atoms with Gasteiger partial charge in [-0.05, 0) is 31.7 Å². The molecule has 0 amide bonds. The molecule has 1 rings (SSSR count). The van der Waals surface area contributed by atoms with Crippen LogP contribution < -0.4 is 5.32 Å². The molecule has 2 unspecified atom stereocenters. The molecule has 1 aliphatic carbocycles. The minimum absolute atomic E-state index is 0.253. The maximum absolute atomic E-state index is 9.00. The molecule has 0 aromatic carbocycles. The summed E-state index contributed by atoms with van der Waals surface area (Å²) in [5.74, 6) is 0.448. The number of aliphatic hydroxyl groups excluding tert-OH is 2. The molecule has 0 aromatic rings. The number of hydrogen-bond acceptors (Lipinski definition) is 3. The SMILES string of the molecule is OCCCNC1CCCC1CO. The second-order valence-electron chi connectivity index (χ2n) is 3.51. The first-order chi connectivity index (χ1) is 5.88. The third-order valence-corrected chi connectivity index (χ3v) is 2.64. The van der Waals surface area contributed by atoms with Crippen LogP contribution in [0.1, 0.15) is 25.7 Å². The standard InChI is InChI=1S/C9H19NO2/c11-6-2-5-10-9-4-1-3-8(9)7-12/h8-12H,1-7H2. The zero-order chi connectivity index (χ0) is 8.81. The lowest BCUT2D eigenvalue weighted by Gasteiger charge is -2.18. The van der Waals surface area contributed by atoms with E-state index in [-0.39, 0.29) is 6.61 Å². The van der Waals surface area contributed by atoms with Crippen LogP contribution in [0.3, 0.4) is 0 Å². The van der Waals surface area contributed by atoms with Gasteiger partial charge >= 0.3 is 0 Å². The first-order valence-corrected chi connectivity index (χ1v) is 4.83. The van der Waals surface area contributed by atoms with Gasteiger partial charge in [0.2, 0.25) is 0 Å². The van der Waals surface area contributed by atoms with Gasteiger partial charge in [0.25, 0.3) is 0 Å². The highest BCUT2D eigenvalue weighted by atomic mass is 16.3. The Kier molecular flexibility index (Phi) is 4.58. The Hall–Kier alpha value is -0.120. The molecule has 0 saturated heterocycles. The van der Waals surface area contributed by atoms with Gasteiger partial charge in [-0.15, -0.1) is 0 Å². The monoisotopic (exact) mass is 173 g/mol. The quantitative estimate of drug-likeness (QED) is 0.518. The molecule has 72 valence electrons. The summed E-state index contributed by atoms with van der Waals surface area (Å²) < 4.78 is 0. The van der Waals surface area contributed by atoms with E-state index >= 15 is 0 Å². The summed E-state index contributed by atoms with van der Waals surface area (Å²) in [4.78, 5) is 0. The lowest BCUT2D eigenvalue weighted by molar-refractivity contribution is 0.203. The molecule has 1 saturated carbocycles. The van der Waals surface area contributed by atoms with E-state index in [1.807, 2.05) is 0 Å². The fourth-order valence-corrected chi connectivity index (χ4v) is 1.89. The number of aliphatic hydroxyl groups is 2. The van der Waals surface area contributed by atoms with Crippen molar-refractivity contribution in [1.29, 1.82) is 0 Å². The summed E-state index contributed by atoms with van der Waals surface area (Å²) in [6.07, 6.45) is 4.36. The Labute approximate surface area is 73.8 Å². The zero-order valence-corrected chi connectivity index (χ0v) is 7.50. The van der Waals surface area contributed by atoms with E-state index in [0.29, 0.717) is 18.6 Å². The molecule has 1 fully saturated rings.